The summed E-state index contributed by atoms with van der Waals surface area (Å²) in [6, 6.07) is 21.1. The maximum Gasteiger partial charge on any atom is 0.309 e. The molecule has 46 heavy (non-hydrogen) atoms. The molecule has 0 saturated heterocycles. The SMILES string of the molecule is C=CCCC[C@H](Cc1ccccc1)C(=O)OC[C@H](NC(=O)[C@H](CC=C)CC(=O)N[C@H](C)CO)C(=O)Nc1ccc2ccccc2c1. The number of fused-ring (bicyclic) bond motifs is 1. The fourth-order valence-electron chi connectivity index (χ4n) is 5.05. The summed E-state index contributed by atoms with van der Waals surface area (Å²) in [6.07, 6.45) is 5.87. The predicted octanol–water partition coefficient (Wildman–Crippen LogP) is 5.10. The zero-order chi connectivity index (χ0) is 33.3. The highest BCUT2D eigenvalue weighted by molar-refractivity contribution is 5.99. The lowest BCUT2D eigenvalue weighted by Crippen LogP contribution is -2.50. The molecule has 3 rings (SSSR count). The second kappa shape index (κ2) is 18.9. The molecular formula is C37H45N3O6. The topological polar surface area (TPSA) is 134 Å². The van der Waals surface area contributed by atoms with Crippen LogP contribution in [0.5, 0.6) is 0 Å². The van der Waals surface area contributed by atoms with Crippen LogP contribution in [-0.4, -0.2) is 54.1 Å². The summed E-state index contributed by atoms with van der Waals surface area (Å²) in [6.45, 7) is 8.46. The number of unbranched alkanes of at least 4 members (excludes halogenated alkanes) is 1. The van der Waals surface area contributed by atoms with E-state index >= 15 is 0 Å². The van der Waals surface area contributed by atoms with Crippen LogP contribution >= 0.6 is 0 Å². The average Bonchev–Trinajstić information content (AvgIpc) is 3.06. The number of hydrogen-bond acceptors (Lipinski definition) is 6. The van der Waals surface area contributed by atoms with Gasteiger partial charge in [-0.25, -0.2) is 0 Å². The molecular weight excluding hydrogens is 582 g/mol. The molecule has 3 aromatic rings. The van der Waals surface area contributed by atoms with Crippen molar-refractivity contribution in [3.63, 3.8) is 0 Å². The van der Waals surface area contributed by atoms with Gasteiger partial charge in [0.05, 0.1) is 18.4 Å². The summed E-state index contributed by atoms with van der Waals surface area (Å²) in [5.74, 6) is -3.31. The Hall–Kier alpha value is -4.76. The summed E-state index contributed by atoms with van der Waals surface area (Å²) in [5.41, 5.74) is 1.50. The number of esters is 1. The third kappa shape index (κ3) is 11.6. The summed E-state index contributed by atoms with van der Waals surface area (Å²) in [5, 5.41) is 19.4. The molecule has 3 aromatic carbocycles. The Labute approximate surface area is 271 Å². The molecule has 0 aliphatic carbocycles. The van der Waals surface area contributed by atoms with E-state index in [0.29, 0.717) is 18.5 Å². The first-order valence-corrected chi connectivity index (χ1v) is 15.7. The minimum absolute atomic E-state index is 0.175. The van der Waals surface area contributed by atoms with Crippen LogP contribution in [0.4, 0.5) is 5.69 Å². The Morgan fingerprint density at radius 1 is 0.870 bits per heavy atom. The zero-order valence-corrected chi connectivity index (χ0v) is 26.5. The van der Waals surface area contributed by atoms with Gasteiger partial charge in [-0.2, -0.15) is 0 Å². The van der Waals surface area contributed by atoms with Gasteiger partial charge in [-0.3, -0.25) is 19.2 Å². The molecule has 4 N–H and O–H groups in total. The van der Waals surface area contributed by atoms with Crippen LogP contribution in [-0.2, 0) is 30.3 Å². The van der Waals surface area contributed by atoms with Crippen LogP contribution in [0.25, 0.3) is 10.8 Å². The Balaban J connectivity index is 1.79. The van der Waals surface area contributed by atoms with E-state index in [1.807, 2.05) is 66.7 Å². The van der Waals surface area contributed by atoms with Crippen LogP contribution in [0.2, 0.25) is 0 Å². The molecule has 0 spiro atoms. The Kier molecular flexibility index (Phi) is 14.7. The number of benzene rings is 3. The molecule has 244 valence electrons. The molecule has 0 bridgehead atoms. The van der Waals surface area contributed by atoms with E-state index < -0.39 is 54.2 Å². The second-order valence-corrected chi connectivity index (χ2v) is 11.4. The van der Waals surface area contributed by atoms with E-state index in [1.54, 1.807) is 19.1 Å². The number of nitrogens with one attached hydrogen (secondary N) is 3. The number of carbonyl (C=O) groups is 4. The van der Waals surface area contributed by atoms with Gasteiger partial charge in [0.25, 0.3) is 5.91 Å². The smallest absolute Gasteiger partial charge is 0.309 e. The molecule has 0 fully saturated rings. The standard InChI is InChI=1S/C37H45N3O6/c1-4-6-8-18-31(21-27-14-9-7-10-15-27)37(45)46-25-33(36(44)39-32-20-19-28-16-11-12-17-29(28)22-32)40-35(43)30(13-5-2)23-34(42)38-26(3)24-41/h4-5,7,9-12,14-17,19-20,22,26,30-31,33,41H,1-2,6,8,13,18,21,23-25H2,3H3,(H,38,42)(H,39,44)(H,40,43)/t26-,30-,31-,33+/m1/s1. The van der Waals surface area contributed by atoms with Crippen molar-refractivity contribution in [1.29, 1.82) is 0 Å². The largest absolute Gasteiger partial charge is 0.463 e. The molecule has 0 aliphatic heterocycles. The molecule has 0 aliphatic rings. The fraction of sp³-hybridized carbons (Fsp3) is 0.351. The van der Waals surface area contributed by atoms with Gasteiger partial charge in [-0.05, 0) is 67.5 Å². The lowest BCUT2D eigenvalue weighted by atomic mass is 9.94. The highest BCUT2D eigenvalue weighted by Crippen LogP contribution is 2.20. The Bertz CT molecular complexity index is 1470. The molecule has 0 radical (unpaired) electrons. The first-order chi connectivity index (χ1) is 22.2. The number of allylic oxidation sites excluding steroid dienone is 2. The first kappa shape index (κ1) is 35.7. The van der Waals surface area contributed by atoms with Crippen molar-refractivity contribution in [2.75, 3.05) is 18.5 Å². The maximum absolute atomic E-state index is 13.6. The minimum Gasteiger partial charge on any atom is -0.463 e. The van der Waals surface area contributed by atoms with E-state index in [9.17, 15) is 24.3 Å². The average molecular weight is 628 g/mol. The third-order valence-corrected chi connectivity index (χ3v) is 7.60. The van der Waals surface area contributed by atoms with Gasteiger partial charge >= 0.3 is 5.97 Å². The third-order valence-electron chi connectivity index (χ3n) is 7.60. The molecule has 0 aromatic heterocycles. The number of amides is 3. The molecule has 9 nitrogen and oxygen atoms in total. The number of carbonyl (C=O) groups excluding carboxylic acids is 4. The number of ether oxygens (including phenoxy) is 1. The van der Waals surface area contributed by atoms with Crippen molar-refractivity contribution < 1.29 is 29.0 Å². The molecule has 0 saturated carbocycles. The van der Waals surface area contributed by atoms with Crippen molar-refractivity contribution in [3.05, 3.63) is 104 Å². The van der Waals surface area contributed by atoms with E-state index in [4.69, 9.17) is 4.74 Å². The molecule has 0 unspecified atom stereocenters. The normalized spacial score (nSPS) is 13.4. The lowest BCUT2D eigenvalue weighted by Gasteiger charge is -2.23. The van der Waals surface area contributed by atoms with Crippen molar-refractivity contribution in [2.24, 2.45) is 11.8 Å². The van der Waals surface area contributed by atoms with Crippen LogP contribution < -0.4 is 16.0 Å². The van der Waals surface area contributed by atoms with Crippen molar-refractivity contribution in [2.45, 2.75) is 57.5 Å². The van der Waals surface area contributed by atoms with Crippen molar-refractivity contribution >= 4 is 40.2 Å². The van der Waals surface area contributed by atoms with E-state index in [0.717, 1.165) is 29.2 Å². The number of aliphatic hydroxyl groups is 1. The molecule has 3 amide bonds. The molecule has 9 heteroatoms. The van der Waals surface area contributed by atoms with Gasteiger partial charge in [0.15, 0.2) is 0 Å². The monoisotopic (exact) mass is 627 g/mol. The zero-order valence-electron chi connectivity index (χ0n) is 26.5. The van der Waals surface area contributed by atoms with Gasteiger partial charge in [0.2, 0.25) is 11.8 Å². The van der Waals surface area contributed by atoms with Crippen molar-refractivity contribution in [1.82, 2.24) is 10.6 Å². The van der Waals surface area contributed by atoms with Crippen LogP contribution in [0.15, 0.2) is 98.1 Å². The second-order valence-electron chi connectivity index (χ2n) is 11.4. The minimum atomic E-state index is -1.24. The van der Waals surface area contributed by atoms with Gasteiger partial charge in [-0.1, -0.05) is 72.8 Å². The predicted molar refractivity (Wildman–Crippen MR) is 181 cm³/mol. The van der Waals surface area contributed by atoms with Crippen LogP contribution in [0, 0.1) is 11.8 Å². The van der Waals surface area contributed by atoms with E-state index in [1.165, 1.54) is 6.08 Å². The number of aliphatic hydroxyl groups excluding tert-OH is 1. The van der Waals surface area contributed by atoms with Gasteiger partial charge in [0, 0.05) is 18.2 Å². The molecule has 0 heterocycles. The summed E-state index contributed by atoms with van der Waals surface area (Å²) >= 11 is 0. The summed E-state index contributed by atoms with van der Waals surface area (Å²) < 4.78 is 5.72. The van der Waals surface area contributed by atoms with E-state index in [2.05, 4.69) is 29.1 Å². The van der Waals surface area contributed by atoms with Crippen LogP contribution in [0.1, 0.15) is 44.6 Å². The maximum atomic E-state index is 13.6. The fourth-order valence-corrected chi connectivity index (χ4v) is 5.05. The summed E-state index contributed by atoms with van der Waals surface area (Å²) in [7, 11) is 0. The highest BCUT2D eigenvalue weighted by atomic mass is 16.5. The van der Waals surface area contributed by atoms with Crippen LogP contribution in [0.3, 0.4) is 0 Å². The van der Waals surface area contributed by atoms with Crippen molar-refractivity contribution in [3.8, 4) is 0 Å². The Morgan fingerprint density at radius 2 is 1.59 bits per heavy atom. The summed E-state index contributed by atoms with van der Waals surface area (Å²) in [4.78, 5) is 53.0. The number of anilines is 1. The molecule has 4 atom stereocenters. The number of hydrogen-bond donors (Lipinski definition) is 4. The van der Waals surface area contributed by atoms with Gasteiger partial charge < -0.3 is 25.8 Å². The van der Waals surface area contributed by atoms with Gasteiger partial charge in [-0.15, -0.1) is 13.2 Å². The quantitative estimate of drug-likeness (QED) is 0.0830. The highest BCUT2D eigenvalue weighted by Gasteiger charge is 2.29. The Morgan fingerprint density at radius 3 is 2.28 bits per heavy atom. The number of rotatable bonds is 19. The van der Waals surface area contributed by atoms with Gasteiger partial charge in [0.1, 0.15) is 12.6 Å². The van der Waals surface area contributed by atoms with E-state index in [-0.39, 0.29) is 19.4 Å². The lowest BCUT2D eigenvalue weighted by molar-refractivity contribution is -0.151. The first-order valence-electron chi connectivity index (χ1n) is 15.7.